The molecule has 38 heavy (non-hydrogen) atoms. The zero-order chi connectivity index (χ0) is 27.9. The number of carbonyl (C=O) groups excluding carboxylic acids is 1. The molecule has 0 spiro atoms. The molecule has 10 nitrogen and oxygen atoms in total. The van der Waals surface area contributed by atoms with Crippen LogP contribution in [-0.4, -0.2) is 62.2 Å². The van der Waals surface area contributed by atoms with Crippen LogP contribution in [0.15, 0.2) is 65.7 Å². The highest BCUT2D eigenvalue weighted by atomic mass is 35.5. The number of carbonyl (C=O) groups is 1. The molecule has 0 radical (unpaired) electrons. The number of anilines is 5. The van der Waals surface area contributed by atoms with E-state index in [-0.39, 0.29) is 27.6 Å². The predicted molar refractivity (Wildman–Crippen MR) is 152 cm³/mol. The fourth-order valence-corrected chi connectivity index (χ4v) is 4.61. The van der Waals surface area contributed by atoms with Crippen molar-refractivity contribution in [2.45, 2.75) is 24.0 Å². The zero-order valence-electron chi connectivity index (χ0n) is 21.8. The third kappa shape index (κ3) is 7.44. The Bertz CT molecular complexity index is 1430. The molecule has 0 saturated heterocycles. The van der Waals surface area contributed by atoms with Gasteiger partial charge in [-0.1, -0.05) is 29.8 Å². The molecule has 1 amide bonds. The lowest BCUT2D eigenvalue weighted by Crippen LogP contribution is -2.15. The van der Waals surface area contributed by atoms with E-state index in [1.54, 1.807) is 56.3 Å². The molecule has 0 saturated carbocycles. The van der Waals surface area contributed by atoms with Crippen molar-refractivity contribution in [3.05, 3.63) is 65.8 Å². The lowest BCUT2D eigenvalue weighted by molar-refractivity contribution is -0.111. The summed E-state index contributed by atoms with van der Waals surface area (Å²) in [6.45, 7) is 3.88. The summed E-state index contributed by atoms with van der Waals surface area (Å²) in [5.74, 6) is 0.610. The summed E-state index contributed by atoms with van der Waals surface area (Å²) in [5.41, 5.74) is 1.38. The molecule has 0 bridgehead atoms. The summed E-state index contributed by atoms with van der Waals surface area (Å²) >= 11 is 6.33. The van der Waals surface area contributed by atoms with Crippen molar-refractivity contribution in [1.82, 2.24) is 14.9 Å². The molecule has 0 atom stereocenters. The SMILES string of the molecule is COc1ccc(NC(=O)/C=C/CN(C)C)cc1Nc1ncc(Cl)c(Nc2ccccc2S(=O)(=O)C(C)C)n1. The maximum atomic E-state index is 12.8. The lowest BCUT2D eigenvalue weighted by atomic mass is 10.2. The van der Waals surface area contributed by atoms with E-state index in [2.05, 4.69) is 25.9 Å². The van der Waals surface area contributed by atoms with Crippen LogP contribution in [0.1, 0.15) is 13.8 Å². The Balaban J connectivity index is 1.86. The Kier molecular flexibility index (Phi) is 9.67. The molecule has 202 valence electrons. The van der Waals surface area contributed by atoms with Gasteiger partial charge in [0.2, 0.25) is 11.9 Å². The fourth-order valence-electron chi connectivity index (χ4n) is 3.27. The van der Waals surface area contributed by atoms with Crippen LogP contribution in [0, 0.1) is 0 Å². The van der Waals surface area contributed by atoms with Crippen LogP contribution in [0.25, 0.3) is 0 Å². The van der Waals surface area contributed by atoms with Crippen molar-refractivity contribution in [1.29, 1.82) is 0 Å². The van der Waals surface area contributed by atoms with Gasteiger partial charge >= 0.3 is 0 Å². The van der Waals surface area contributed by atoms with Crippen LogP contribution in [-0.2, 0) is 14.6 Å². The summed E-state index contributed by atoms with van der Waals surface area (Å²) < 4.78 is 31.1. The minimum Gasteiger partial charge on any atom is -0.495 e. The van der Waals surface area contributed by atoms with E-state index < -0.39 is 15.1 Å². The van der Waals surface area contributed by atoms with E-state index in [1.165, 1.54) is 25.4 Å². The molecule has 3 aromatic rings. The third-order valence-electron chi connectivity index (χ3n) is 5.26. The molecular weight excluding hydrogens is 528 g/mol. The number of ether oxygens (including phenoxy) is 1. The van der Waals surface area contributed by atoms with Gasteiger partial charge in [0.1, 0.15) is 10.8 Å². The summed E-state index contributed by atoms with van der Waals surface area (Å²) in [7, 11) is 1.79. The van der Waals surface area contributed by atoms with Gasteiger partial charge in [0, 0.05) is 18.3 Å². The maximum absolute atomic E-state index is 12.8. The van der Waals surface area contributed by atoms with E-state index in [4.69, 9.17) is 16.3 Å². The number of sulfone groups is 1. The molecular formula is C26H31ClN6O4S. The van der Waals surface area contributed by atoms with Crippen LogP contribution >= 0.6 is 11.6 Å². The van der Waals surface area contributed by atoms with Crippen molar-refractivity contribution in [3.63, 3.8) is 0 Å². The molecule has 1 aromatic heterocycles. The minimum atomic E-state index is -3.56. The van der Waals surface area contributed by atoms with Gasteiger partial charge in [-0.2, -0.15) is 4.98 Å². The number of amides is 1. The Morgan fingerprint density at radius 3 is 2.55 bits per heavy atom. The smallest absolute Gasteiger partial charge is 0.248 e. The van der Waals surface area contributed by atoms with Crippen LogP contribution in [0.3, 0.4) is 0 Å². The first-order chi connectivity index (χ1) is 18.0. The number of methoxy groups -OCH3 is 1. The monoisotopic (exact) mass is 558 g/mol. The van der Waals surface area contributed by atoms with Crippen molar-refractivity contribution in [2.75, 3.05) is 43.7 Å². The quantitative estimate of drug-likeness (QED) is 0.283. The van der Waals surface area contributed by atoms with Gasteiger partial charge in [-0.05, 0) is 58.3 Å². The van der Waals surface area contributed by atoms with E-state index in [0.29, 0.717) is 29.4 Å². The number of para-hydroxylation sites is 1. The fraction of sp³-hybridized carbons (Fsp3) is 0.269. The number of likely N-dealkylation sites (N-methyl/N-ethyl adjacent to an activating group) is 1. The number of aromatic nitrogens is 2. The number of benzene rings is 2. The van der Waals surface area contributed by atoms with Crippen molar-refractivity contribution in [3.8, 4) is 5.75 Å². The molecule has 0 aliphatic rings. The van der Waals surface area contributed by atoms with Gasteiger partial charge < -0.3 is 25.6 Å². The van der Waals surface area contributed by atoms with Crippen molar-refractivity contribution >= 4 is 56.2 Å². The van der Waals surface area contributed by atoms with E-state index >= 15 is 0 Å². The molecule has 0 aliphatic heterocycles. The average Bonchev–Trinajstić information content (AvgIpc) is 2.86. The largest absolute Gasteiger partial charge is 0.495 e. The molecule has 1 heterocycles. The van der Waals surface area contributed by atoms with Gasteiger partial charge in [0.15, 0.2) is 15.7 Å². The molecule has 3 rings (SSSR count). The first-order valence-corrected chi connectivity index (χ1v) is 13.6. The van der Waals surface area contributed by atoms with Gasteiger partial charge in [-0.3, -0.25) is 4.79 Å². The van der Waals surface area contributed by atoms with Gasteiger partial charge in [-0.15, -0.1) is 0 Å². The summed E-state index contributed by atoms with van der Waals surface area (Å²) in [4.78, 5) is 23.0. The maximum Gasteiger partial charge on any atom is 0.248 e. The first-order valence-electron chi connectivity index (χ1n) is 11.7. The number of nitrogens with one attached hydrogen (secondary N) is 3. The highest BCUT2D eigenvalue weighted by Crippen LogP contribution is 2.33. The number of hydrogen-bond acceptors (Lipinski definition) is 9. The average molecular weight is 559 g/mol. The number of rotatable bonds is 11. The summed E-state index contributed by atoms with van der Waals surface area (Å²) in [6, 6.07) is 11.6. The molecule has 12 heteroatoms. The molecule has 0 unspecified atom stereocenters. The Labute approximate surface area is 228 Å². The summed E-state index contributed by atoms with van der Waals surface area (Å²) in [6.07, 6.45) is 4.62. The highest BCUT2D eigenvalue weighted by Gasteiger charge is 2.23. The molecule has 0 aliphatic carbocycles. The molecule has 3 N–H and O–H groups in total. The predicted octanol–water partition coefficient (Wildman–Crippen LogP) is 4.86. The minimum absolute atomic E-state index is 0.143. The highest BCUT2D eigenvalue weighted by molar-refractivity contribution is 7.92. The van der Waals surface area contributed by atoms with Gasteiger partial charge in [-0.25, -0.2) is 13.4 Å². The van der Waals surface area contributed by atoms with Crippen LogP contribution in [0.4, 0.5) is 28.8 Å². The topological polar surface area (TPSA) is 126 Å². The Hall–Kier alpha value is -3.67. The lowest BCUT2D eigenvalue weighted by Gasteiger charge is -2.16. The number of hydrogen-bond donors (Lipinski definition) is 3. The van der Waals surface area contributed by atoms with Gasteiger partial charge in [0.05, 0.1) is 34.8 Å². The zero-order valence-corrected chi connectivity index (χ0v) is 23.4. The Morgan fingerprint density at radius 1 is 1.13 bits per heavy atom. The van der Waals surface area contributed by atoms with Crippen molar-refractivity contribution in [2.24, 2.45) is 0 Å². The normalized spacial score (nSPS) is 11.7. The second kappa shape index (κ2) is 12.7. The van der Waals surface area contributed by atoms with E-state index in [9.17, 15) is 13.2 Å². The second-order valence-corrected chi connectivity index (χ2v) is 11.7. The number of nitrogens with zero attached hydrogens (tertiary/aromatic N) is 3. The number of halogens is 1. The molecule has 2 aromatic carbocycles. The first kappa shape index (κ1) is 28.9. The summed E-state index contributed by atoms with van der Waals surface area (Å²) in [5, 5.41) is 8.49. The second-order valence-electron chi connectivity index (χ2n) is 8.80. The van der Waals surface area contributed by atoms with Gasteiger partial charge in [0.25, 0.3) is 0 Å². The van der Waals surface area contributed by atoms with Crippen LogP contribution in [0.5, 0.6) is 5.75 Å². The Morgan fingerprint density at radius 2 is 1.87 bits per heavy atom. The van der Waals surface area contributed by atoms with E-state index in [1.807, 2.05) is 19.0 Å². The van der Waals surface area contributed by atoms with Crippen LogP contribution in [0.2, 0.25) is 5.02 Å². The molecule has 0 fully saturated rings. The van der Waals surface area contributed by atoms with Crippen molar-refractivity contribution < 1.29 is 17.9 Å². The van der Waals surface area contributed by atoms with E-state index in [0.717, 1.165) is 0 Å². The van der Waals surface area contributed by atoms with Crippen LogP contribution < -0.4 is 20.7 Å². The third-order valence-corrected chi connectivity index (χ3v) is 7.75. The standard InChI is InChI=1S/C26H31ClN6O4S/c1-17(2)38(35,36)23-10-7-6-9-20(23)30-25-19(27)16-28-26(32-25)31-21-15-18(12-13-22(21)37-5)29-24(34)11-8-14-33(3)4/h6-13,15-17H,14H2,1-5H3,(H,29,34)(H2,28,30,31,32)/b11-8+.